The molecule has 0 spiro atoms. The summed E-state index contributed by atoms with van der Waals surface area (Å²) in [5, 5.41) is 3.04. The van der Waals surface area contributed by atoms with Gasteiger partial charge in [0.2, 0.25) is 5.91 Å². The van der Waals surface area contributed by atoms with Crippen molar-refractivity contribution in [1.82, 2.24) is 5.32 Å². The largest absolute Gasteiger partial charge is 0.493 e. The number of carbonyl (C=O) groups is 1. The van der Waals surface area contributed by atoms with Crippen LogP contribution in [0.3, 0.4) is 0 Å². The second-order valence-corrected chi connectivity index (χ2v) is 8.71. The van der Waals surface area contributed by atoms with Gasteiger partial charge in [0.15, 0.2) is 23.0 Å². The average Bonchev–Trinajstić information content (AvgIpc) is 2.97. The highest BCUT2D eigenvalue weighted by Crippen LogP contribution is 2.41. The Morgan fingerprint density at radius 2 is 1.24 bits per heavy atom. The fraction of sp³-hybridized carbons (Fsp3) is 0.219. The normalized spacial score (nSPS) is 10.5. The minimum atomic E-state index is -0.0822. The van der Waals surface area contributed by atoms with Gasteiger partial charge in [-0.1, -0.05) is 72.8 Å². The molecule has 0 aliphatic rings. The van der Waals surface area contributed by atoms with Crippen LogP contribution in [0.5, 0.6) is 23.0 Å². The first-order valence-electron chi connectivity index (χ1n) is 12.5. The van der Waals surface area contributed by atoms with E-state index < -0.39 is 0 Å². The van der Waals surface area contributed by atoms with E-state index in [4.69, 9.17) is 18.9 Å². The first-order chi connectivity index (χ1) is 18.6. The summed E-state index contributed by atoms with van der Waals surface area (Å²) < 4.78 is 22.2. The third kappa shape index (κ3) is 5.92. The SMILES string of the molecule is COc1cccc(CCNC(=O)Cc2ccc(OC)c(OC)c2-c2ccc(-c3ccccc3)cc2)c1OC. The van der Waals surface area contributed by atoms with Crippen LogP contribution in [0.25, 0.3) is 22.3 Å². The monoisotopic (exact) mass is 511 g/mol. The Hall–Kier alpha value is -4.45. The molecule has 6 nitrogen and oxygen atoms in total. The van der Waals surface area contributed by atoms with E-state index in [0.29, 0.717) is 36.0 Å². The minimum Gasteiger partial charge on any atom is -0.493 e. The highest BCUT2D eigenvalue weighted by Gasteiger charge is 2.19. The number of amides is 1. The molecule has 196 valence electrons. The number of rotatable bonds is 11. The van der Waals surface area contributed by atoms with Crippen LogP contribution in [-0.2, 0) is 17.6 Å². The molecule has 1 N–H and O–H groups in total. The molecule has 0 aromatic heterocycles. The summed E-state index contributed by atoms with van der Waals surface area (Å²) in [6.45, 7) is 0.469. The number of nitrogens with one attached hydrogen (secondary N) is 1. The third-order valence-corrected chi connectivity index (χ3v) is 6.46. The summed E-state index contributed by atoms with van der Waals surface area (Å²) in [6.07, 6.45) is 0.817. The molecule has 0 unspecified atom stereocenters. The number of carbonyl (C=O) groups excluding carboxylic acids is 1. The van der Waals surface area contributed by atoms with Crippen LogP contribution >= 0.6 is 0 Å². The van der Waals surface area contributed by atoms with E-state index in [-0.39, 0.29) is 12.3 Å². The van der Waals surface area contributed by atoms with E-state index in [2.05, 4.69) is 41.7 Å². The number of hydrogen-bond acceptors (Lipinski definition) is 5. The topological polar surface area (TPSA) is 66.0 Å². The molecule has 0 atom stereocenters. The summed E-state index contributed by atoms with van der Waals surface area (Å²) in [6, 6.07) is 28.0. The molecular weight excluding hydrogens is 478 g/mol. The molecule has 0 saturated heterocycles. The lowest BCUT2D eigenvalue weighted by Gasteiger charge is -2.18. The Balaban J connectivity index is 1.54. The summed E-state index contributed by atoms with van der Waals surface area (Å²) >= 11 is 0. The Labute approximate surface area is 224 Å². The quantitative estimate of drug-likeness (QED) is 0.269. The molecule has 0 fully saturated rings. The van der Waals surface area contributed by atoms with Crippen LogP contribution in [0.2, 0.25) is 0 Å². The minimum absolute atomic E-state index is 0.0822. The first kappa shape index (κ1) is 26.6. The lowest BCUT2D eigenvalue weighted by atomic mass is 9.94. The molecule has 0 heterocycles. The molecule has 4 aromatic rings. The zero-order valence-corrected chi connectivity index (χ0v) is 22.2. The molecule has 38 heavy (non-hydrogen) atoms. The predicted octanol–water partition coefficient (Wildman–Crippen LogP) is 5.96. The van der Waals surface area contributed by atoms with Crippen molar-refractivity contribution in [3.8, 4) is 45.3 Å². The molecular formula is C32H33NO5. The van der Waals surface area contributed by atoms with Crippen molar-refractivity contribution in [3.63, 3.8) is 0 Å². The molecule has 1 amide bonds. The van der Waals surface area contributed by atoms with E-state index in [0.717, 1.165) is 33.4 Å². The zero-order valence-electron chi connectivity index (χ0n) is 22.2. The zero-order chi connectivity index (χ0) is 26.9. The molecule has 4 rings (SSSR count). The maximum Gasteiger partial charge on any atom is 0.224 e. The molecule has 0 aliphatic heterocycles. The maximum absolute atomic E-state index is 13.0. The van der Waals surface area contributed by atoms with Crippen molar-refractivity contribution in [2.24, 2.45) is 0 Å². The molecule has 4 aromatic carbocycles. The van der Waals surface area contributed by atoms with Crippen LogP contribution in [0.4, 0.5) is 0 Å². The molecule has 0 saturated carbocycles. The van der Waals surface area contributed by atoms with Crippen LogP contribution in [0, 0.1) is 0 Å². The van der Waals surface area contributed by atoms with E-state index in [1.165, 1.54) is 0 Å². The van der Waals surface area contributed by atoms with Gasteiger partial charge in [-0.2, -0.15) is 0 Å². The van der Waals surface area contributed by atoms with Gasteiger partial charge in [-0.05, 0) is 46.4 Å². The van der Waals surface area contributed by atoms with Crippen molar-refractivity contribution in [3.05, 3.63) is 96.1 Å². The van der Waals surface area contributed by atoms with E-state index in [9.17, 15) is 4.79 Å². The lowest BCUT2D eigenvalue weighted by molar-refractivity contribution is -0.120. The third-order valence-electron chi connectivity index (χ3n) is 6.46. The summed E-state index contributed by atoms with van der Waals surface area (Å²) in [7, 11) is 6.45. The van der Waals surface area contributed by atoms with Crippen LogP contribution in [0.15, 0.2) is 84.9 Å². The van der Waals surface area contributed by atoms with Crippen molar-refractivity contribution >= 4 is 5.91 Å². The summed E-state index contributed by atoms with van der Waals surface area (Å²) in [5.41, 5.74) is 5.87. The van der Waals surface area contributed by atoms with Gasteiger partial charge in [-0.25, -0.2) is 0 Å². The van der Waals surface area contributed by atoms with Crippen LogP contribution in [0.1, 0.15) is 11.1 Å². The van der Waals surface area contributed by atoms with Crippen molar-refractivity contribution in [2.75, 3.05) is 35.0 Å². The van der Waals surface area contributed by atoms with E-state index in [1.807, 2.05) is 48.5 Å². The highest BCUT2D eigenvalue weighted by molar-refractivity contribution is 5.85. The van der Waals surface area contributed by atoms with Gasteiger partial charge in [-0.3, -0.25) is 4.79 Å². The predicted molar refractivity (Wildman–Crippen MR) is 150 cm³/mol. The number of hydrogen-bond donors (Lipinski definition) is 1. The Morgan fingerprint density at radius 1 is 0.605 bits per heavy atom. The second kappa shape index (κ2) is 12.7. The Morgan fingerprint density at radius 3 is 1.89 bits per heavy atom. The van der Waals surface area contributed by atoms with Gasteiger partial charge in [0.25, 0.3) is 0 Å². The summed E-state index contributed by atoms with van der Waals surface area (Å²) in [4.78, 5) is 13.0. The van der Waals surface area contributed by atoms with Gasteiger partial charge in [0.1, 0.15) is 0 Å². The molecule has 0 radical (unpaired) electrons. The van der Waals surface area contributed by atoms with E-state index >= 15 is 0 Å². The maximum atomic E-state index is 13.0. The number of ether oxygens (including phenoxy) is 4. The number of benzene rings is 4. The highest BCUT2D eigenvalue weighted by atomic mass is 16.5. The first-order valence-corrected chi connectivity index (χ1v) is 12.5. The van der Waals surface area contributed by atoms with Crippen molar-refractivity contribution < 1.29 is 23.7 Å². The van der Waals surface area contributed by atoms with Gasteiger partial charge < -0.3 is 24.3 Å². The van der Waals surface area contributed by atoms with Gasteiger partial charge in [0.05, 0.1) is 34.9 Å². The molecule has 0 bridgehead atoms. The van der Waals surface area contributed by atoms with E-state index in [1.54, 1.807) is 28.4 Å². The lowest BCUT2D eigenvalue weighted by Crippen LogP contribution is -2.27. The van der Waals surface area contributed by atoms with Crippen molar-refractivity contribution in [2.45, 2.75) is 12.8 Å². The summed E-state index contributed by atoms with van der Waals surface area (Å²) in [5.74, 6) is 2.49. The Kier molecular flexibility index (Phi) is 8.88. The number of methoxy groups -OCH3 is 4. The number of para-hydroxylation sites is 1. The fourth-order valence-electron chi connectivity index (χ4n) is 4.61. The second-order valence-electron chi connectivity index (χ2n) is 8.71. The Bertz CT molecular complexity index is 1370. The van der Waals surface area contributed by atoms with Crippen LogP contribution < -0.4 is 24.3 Å². The molecule has 6 heteroatoms. The van der Waals surface area contributed by atoms with Crippen molar-refractivity contribution in [1.29, 1.82) is 0 Å². The van der Waals surface area contributed by atoms with Gasteiger partial charge in [0, 0.05) is 12.1 Å². The van der Waals surface area contributed by atoms with Gasteiger partial charge in [-0.15, -0.1) is 0 Å². The smallest absolute Gasteiger partial charge is 0.224 e. The van der Waals surface area contributed by atoms with Gasteiger partial charge >= 0.3 is 0 Å². The molecule has 0 aliphatic carbocycles. The average molecular weight is 512 g/mol. The standard InChI is InChI=1S/C32H33NO5/c1-35-27-12-8-11-25(31(27)37-3)19-20-33-29(34)21-26-17-18-28(36-2)32(38-4)30(26)24-15-13-23(14-16-24)22-9-6-5-7-10-22/h5-18H,19-21H2,1-4H3,(H,33,34). The fourth-order valence-corrected chi connectivity index (χ4v) is 4.61. The van der Waals surface area contributed by atoms with Crippen LogP contribution in [-0.4, -0.2) is 40.9 Å².